The molecule has 0 aromatic heterocycles. The van der Waals surface area contributed by atoms with Crippen LogP contribution in [0.3, 0.4) is 0 Å². The normalized spacial score (nSPS) is 27.0. The molecule has 1 unspecified atom stereocenters. The average molecular weight is 240 g/mol. The van der Waals surface area contributed by atoms with Gasteiger partial charge in [-0.25, -0.2) is 0 Å². The van der Waals surface area contributed by atoms with Gasteiger partial charge in [0.2, 0.25) is 0 Å². The van der Waals surface area contributed by atoms with Crippen molar-refractivity contribution < 1.29 is 26.0 Å². The quantitative estimate of drug-likeness (QED) is 0.384. The summed E-state index contributed by atoms with van der Waals surface area (Å²) >= 11 is 0.455. The van der Waals surface area contributed by atoms with Crippen molar-refractivity contribution in [2.45, 2.75) is 19.4 Å². The zero-order valence-electron chi connectivity index (χ0n) is 5.48. The summed E-state index contributed by atoms with van der Waals surface area (Å²) in [4.78, 5) is 10.5. The van der Waals surface area contributed by atoms with Gasteiger partial charge in [-0.1, -0.05) is 0 Å². The number of carbonyl (C=O) groups excluding carboxylic acids is 1. The van der Waals surface area contributed by atoms with E-state index < -0.39 is 0 Å². The Labute approximate surface area is 65.7 Å². The Morgan fingerprint density at radius 2 is 2.56 bits per heavy atom. The Morgan fingerprint density at radius 3 is 3.00 bits per heavy atom. The number of hydrogen-bond donors (Lipinski definition) is 1. The second kappa shape index (κ2) is 3.39. The fraction of sp³-hybridized carbons (Fsp3) is 0.833. The van der Waals surface area contributed by atoms with Crippen molar-refractivity contribution in [3.8, 4) is 0 Å². The molecule has 1 rings (SSSR count). The maximum atomic E-state index is 10.5. The molecule has 1 heterocycles. The van der Waals surface area contributed by atoms with E-state index in [9.17, 15) is 4.79 Å². The SMILES string of the molecule is CC(=O)NC1CC[I-]C1. The van der Waals surface area contributed by atoms with Crippen LogP contribution in [0.2, 0.25) is 0 Å². The number of rotatable bonds is 1. The summed E-state index contributed by atoms with van der Waals surface area (Å²) in [5, 5.41) is 2.93. The molecule has 1 aliphatic rings. The van der Waals surface area contributed by atoms with Gasteiger partial charge >= 0.3 is 65.5 Å². The van der Waals surface area contributed by atoms with E-state index in [0.29, 0.717) is 27.2 Å². The first-order valence-corrected chi connectivity index (χ1v) is 6.14. The van der Waals surface area contributed by atoms with E-state index in [1.54, 1.807) is 6.92 Å². The van der Waals surface area contributed by atoms with E-state index in [0.717, 1.165) is 0 Å². The predicted molar refractivity (Wildman–Crippen MR) is 32.0 cm³/mol. The molecule has 0 radical (unpaired) electrons. The van der Waals surface area contributed by atoms with Crippen LogP contribution in [0.5, 0.6) is 0 Å². The fourth-order valence-electron chi connectivity index (χ4n) is 0.893. The predicted octanol–water partition coefficient (Wildman–Crippen LogP) is -3.02. The van der Waals surface area contributed by atoms with Gasteiger partial charge in [0.15, 0.2) is 0 Å². The van der Waals surface area contributed by atoms with E-state index in [1.807, 2.05) is 0 Å². The molecular formula is C6H11INO-. The number of nitrogens with one attached hydrogen (secondary N) is 1. The molecule has 9 heavy (non-hydrogen) atoms. The van der Waals surface area contributed by atoms with Crippen LogP contribution in [-0.4, -0.2) is 20.8 Å². The summed E-state index contributed by atoms with van der Waals surface area (Å²) in [5.74, 6) is 0.130. The van der Waals surface area contributed by atoms with Crippen molar-refractivity contribution in [1.29, 1.82) is 0 Å². The molecule has 1 atom stereocenters. The molecule has 0 aromatic rings. The van der Waals surface area contributed by atoms with Crippen molar-refractivity contribution in [1.82, 2.24) is 5.32 Å². The summed E-state index contributed by atoms with van der Waals surface area (Å²) in [6.45, 7) is 1.59. The summed E-state index contributed by atoms with van der Waals surface area (Å²) in [7, 11) is 0. The molecule has 1 aliphatic heterocycles. The second-order valence-electron chi connectivity index (χ2n) is 2.22. The number of halogens is 1. The minimum atomic E-state index is 0.130. The van der Waals surface area contributed by atoms with Crippen LogP contribution in [0.4, 0.5) is 0 Å². The Hall–Kier alpha value is 0.200. The van der Waals surface area contributed by atoms with Gasteiger partial charge in [0, 0.05) is 0 Å². The Balaban J connectivity index is 2.19. The van der Waals surface area contributed by atoms with Gasteiger partial charge in [-0.05, 0) is 0 Å². The molecule has 0 spiro atoms. The molecular weight excluding hydrogens is 229 g/mol. The zero-order chi connectivity index (χ0) is 6.69. The molecule has 54 valence electrons. The van der Waals surface area contributed by atoms with Gasteiger partial charge in [0.1, 0.15) is 0 Å². The van der Waals surface area contributed by atoms with Crippen LogP contribution in [0.25, 0.3) is 0 Å². The molecule has 0 aliphatic carbocycles. The van der Waals surface area contributed by atoms with Crippen LogP contribution in [0.15, 0.2) is 0 Å². The van der Waals surface area contributed by atoms with Crippen LogP contribution in [0, 0.1) is 0 Å². The van der Waals surface area contributed by atoms with Crippen molar-refractivity contribution >= 4 is 5.91 Å². The van der Waals surface area contributed by atoms with Crippen molar-refractivity contribution in [2.75, 3.05) is 8.86 Å². The first-order valence-electron chi connectivity index (χ1n) is 3.09. The minimum absolute atomic E-state index is 0.130. The van der Waals surface area contributed by atoms with Crippen LogP contribution in [-0.2, 0) is 4.79 Å². The monoisotopic (exact) mass is 240 g/mol. The Bertz CT molecular complexity index is 110. The summed E-state index contributed by atoms with van der Waals surface area (Å²) in [6, 6.07) is 0.537. The third-order valence-electron chi connectivity index (χ3n) is 1.29. The summed E-state index contributed by atoms with van der Waals surface area (Å²) in [6.07, 6.45) is 1.23. The number of carbonyl (C=O) groups is 1. The third-order valence-corrected chi connectivity index (χ3v) is 4.37. The molecule has 0 bridgehead atoms. The molecule has 1 fully saturated rings. The summed E-state index contributed by atoms with van der Waals surface area (Å²) < 4.78 is 2.68. The van der Waals surface area contributed by atoms with E-state index >= 15 is 0 Å². The fourth-order valence-corrected chi connectivity index (χ4v) is 3.94. The Morgan fingerprint density at radius 1 is 1.78 bits per heavy atom. The van der Waals surface area contributed by atoms with Gasteiger partial charge in [-0.2, -0.15) is 0 Å². The van der Waals surface area contributed by atoms with Gasteiger partial charge in [-0.3, -0.25) is 0 Å². The van der Waals surface area contributed by atoms with Gasteiger partial charge < -0.3 is 0 Å². The van der Waals surface area contributed by atoms with Crippen molar-refractivity contribution in [2.24, 2.45) is 0 Å². The van der Waals surface area contributed by atoms with E-state index in [2.05, 4.69) is 5.32 Å². The second-order valence-corrected chi connectivity index (χ2v) is 5.26. The molecule has 2 nitrogen and oxygen atoms in total. The first kappa shape index (κ1) is 7.31. The molecule has 3 heteroatoms. The topological polar surface area (TPSA) is 29.1 Å². The van der Waals surface area contributed by atoms with Crippen molar-refractivity contribution in [3.05, 3.63) is 0 Å². The molecule has 0 saturated carbocycles. The molecule has 1 amide bonds. The van der Waals surface area contributed by atoms with E-state index in [-0.39, 0.29) is 5.91 Å². The van der Waals surface area contributed by atoms with E-state index in [1.165, 1.54) is 15.3 Å². The first-order chi connectivity index (χ1) is 4.29. The van der Waals surface area contributed by atoms with Crippen molar-refractivity contribution in [3.63, 3.8) is 0 Å². The number of hydrogen-bond acceptors (Lipinski definition) is 1. The van der Waals surface area contributed by atoms with E-state index in [4.69, 9.17) is 0 Å². The van der Waals surface area contributed by atoms with Gasteiger partial charge in [-0.15, -0.1) is 0 Å². The summed E-state index contributed by atoms with van der Waals surface area (Å²) in [5.41, 5.74) is 0. The average Bonchev–Trinajstić information content (AvgIpc) is 2.15. The third kappa shape index (κ3) is 2.51. The maximum absolute atomic E-state index is 10.5. The standard InChI is InChI=1S/C6H11INO/c1-5(9)8-6-2-3-7-4-6/h6H,2-4H2,1H3,(H,8,9)/q-1. The van der Waals surface area contributed by atoms with Crippen LogP contribution in [0.1, 0.15) is 13.3 Å². The van der Waals surface area contributed by atoms with Crippen LogP contribution < -0.4 is 26.5 Å². The van der Waals surface area contributed by atoms with Gasteiger partial charge in [0.25, 0.3) is 0 Å². The molecule has 1 N–H and O–H groups in total. The number of amides is 1. The molecule has 1 saturated heterocycles. The Kier molecular flexibility index (Phi) is 2.75. The van der Waals surface area contributed by atoms with Gasteiger partial charge in [0.05, 0.1) is 0 Å². The number of alkyl halides is 2. The van der Waals surface area contributed by atoms with Crippen LogP contribution >= 0.6 is 0 Å². The molecule has 0 aromatic carbocycles. The zero-order valence-corrected chi connectivity index (χ0v) is 7.64.